The van der Waals surface area contributed by atoms with Gasteiger partial charge < -0.3 is 14.8 Å². The molecule has 9 heteroatoms. The fourth-order valence-electron chi connectivity index (χ4n) is 4.40. The van der Waals surface area contributed by atoms with Crippen LogP contribution in [0.4, 0.5) is 5.95 Å². The number of hydrogen-bond acceptors (Lipinski definition) is 7. The van der Waals surface area contributed by atoms with Crippen molar-refractivity contribution in [2.75, 3.05) is 11.1 Å². The summed E-state index contributed by atoms with van der Waals surface area (Å²) in [4.78, 5) is 18.2. The van der Waals surface area contributed by atoms with Crippen LogP contribution in [-0.4, -0.2) is 26.5 Å². The Bertz CT molecular complexity index is 1490. The van der Waals surface area contributed by atoms with Gasteiger partial charge in [-0.05, 0) is 42.7 Å². The summed E-state index contributed by atoms with van der Waals surface area (Å²) < 4.78 is 13.5. The quantitative estimate of drug-likeness (QED) is 0.113. The van der Waals surface area contributed by atoms with Crippen LogP contribution in [-0.2, 0) is 22.7 Å². The molecule has 7 nitrogen and oxygen atoms in total. The first-order chi connectivity index (χ1) is 19.5. The minimum absolute atomic E-state index is 0.181. The van der Waals surface area contributed by atoms with Crippen LogP contribution in [0.5, 0.6) is 5.75 Å². The number of ether oxygens (including phenoxy) is 2. The highest BCUT2D eigenvalue weighted by Gasteiger charge is 2.35. The first kappa shape index (κ1) is 27.8. The molecule has 40 heavy (non-hydrogen) atoms. The van der Waals surface area contributed by atoms with Crippen molar-refractivity contribution in [1.29, 1.82) is 0 Å². The lowest BCUT2D eigenvalue weighted by Crippen LogP contribution is -2.29. The van der Waals surface area contributed by atoms with E-state index in [1.54, 1.807) is 16.4 Å². The van der Waals surface area contributed by atoms with Crippen LogP contribution in [0.25, 0.3) is 0 Å². The molecule has 0 aliphatic carbocycles. The number of unbranched alkanes of at least 4 members (excludes halogenated alkanes) is 1. The number of rotatable bonds is 11. The van der Waals surface area contributed by atoms with Crippen LogP contribution in [0, 0.1) is 0 Å². The van der Waals surface area contributed by atoms with Gasteiger partial charge in [-0.3, -0.25) is 0 Å². The molecule has 3 aromatic carbocycles. The first-order valence-electron chi connectivity index (χ1n) is 13.3. The zero-order chi connectivity index (χ0) is 27.9. The van der Waals surface area contributed by atoms with Crippen molar-refractivity contribution in [3.05, 3.63) is 112 Å². The van der Waals surface area contributed by atoms with E-state index in [2.05, 4.69) is 12.2 Å². The minimum Gasteiger partial charge on any atom is -0.489 e. The Morgan fingerprint density at radius 3 is 2.52 bits per heavy atom. The third-order valence-corrected chi connectivity index (χ3v) is 7.84. The number of carbonyl (C=O) groups excluding carboxylic acids is 1. The standard InChI is InChI=1S/C31H31ClN4O3S/c1-3-4-18-40-31-34-30-33-21(2)27(29(37)39-19-22-10-6-5-7-11-22)28(36(30)35-31)23-14-16-25(17-15-23)38-20-24-12-8-9-13-26(24)32/h5-17,28H,3-4,18-20H2,1-2H3,(H,33,34,35). The van der Waals surface area contributed by atoms with Crippen LogP contribution in [0.3, 0.4) is 0 Å². The normalized spacial score (nSPS) is 14.4. The molecule has 4 aromatic rings. The van der Waals surface area contributed by atoms with Gasteiger partial charge >= 0.3 is 5.97 Å². The molecule has 0 radical (unpaired) electrons. The van der Waals surface area contributed by atoms with Gasteiger partial charge in [0.05, 0.1) is 5.57 Å². The van der Waals surface area contributed by atoms with Crippen molar-refractivity contribution in [2.45, 2.75) is 51.1 Å². The van der Waals surface area contributed by atoms with E-state index in [1.807, 2.05) is 85.8 Å². The summed E-state index contributed by atoms with van der Waals surface area (Å²) in [6.45, 7) is 4.57. The van der Waals surface area contributed by atoms with E-state index in [-0.39, 0.29) is 6.61 Å². The molecular weight excluding hydrogens is 544 g/mol. The molecule has 0 saturated heterocycles. The molecule has 0 spiro atoms. The monoisotopic (exact) mass is 574 g/mol. The number of halogens is 1. The van der Waals surface area contributed by atoms with Gasteiger partial charge in [-0.1, -0.05) is 97.4 Å². The third-order valence-electron chi connectivity index (χ3n) is 6.54. The molecule has 0 amide bonds. The molecule has 1 aromatic heterocycles. The maximum absolute atomic E-state index is 13.5. The average molecular weight is 575 g/mol. The molecule has 1 aliphatic rings. The molecule has 0 fully saturated rings. The number of fused-ring (bicyclic) bond motifs is 1. The van der Waals surface area contributed by atoms with E-state index in [4.69, 9.17) is 31.2 Å². The Morgan fingerprint density at radius 1 is 1.02 bits per heavy atom. The first-order valence-corrected chi connectivity index (χ1v) is 14.6. The number of aromatic nitrogens is 3. The summed E-state index contributed by atoms with van der Waals surface area (Å²) in [5, 5.41) is 9.40. The van der Waals surface area contributed by atoms with E-state index < -0.39 is 12.0 Å². The van der Waals surface area contributed by atoms with Gasteiger partial charge in [-0.2, -0.15) is 4.98 Å². The lowest BCUT2D eigenvalue weighted by Gasteiger charge is -2.28. The molecule has 1 N–H and O–H groups in total. The lowest BCUT2D eigenvalue weighted by atomic mass is 9.95. The Kier molecular flexibility index (Phi) is 9.08. The van der Waals surface area contributed by atoms with E-state index in [0.29, 0.717) is 39.8 Å². The van der Waals surface area contributed by atoms with E-state index in [9.17, 15) is 4.79 Å². The summed E-state index contributed by atoms with van der Waals surface area (Å²) >= 11 is 7.89. The average Bonchev–Trinajstić information content (AvgIpc) is 3.38. The Morgan fingerprint density at radius 2 is 1.77 bits per heavy atom. The van der Waals surface area contributed by atoms with Crippen LogP contribution in [0.2, 0.25) is 5.02 Å². The van der Waals surface area contributed by atoms with Gasteiger partial charge in [0.25, 0.3) is 0 Å². The zero-order valence-electron chi connectivity index (χ0n) is 22.5. The Hall–Kier alpha value is -3.75. The molecule has 1 unspecified atom stereocenters. The Balaban J connectivity index is 1.41. The number of hydrogen-bond donors (Lipinski definition) is 1. The number of carbonyl (C=O) groups is 1. The van der Waals surface area contributed by atoms with E-state index in [1.165, 1.54) is 0 Å². The fraction of sp³-hybridized carbons (Fsp3) is 0.258. The molecular formula is C31H31ClN4O3S. The van der Waals surface area contributed by atoms with Crippen molar-refractivity contribution in [2.24, 2.45) is 0 Å². The number of thioether (sulfide) groups is 1. The predicted molar refractivity (Wildman–Crippen MR) is 159 cm³/mol. The van der Waals surface area contributed by atoms with Gasteiger partial charge in [-0.15, -0.1) is 5.10 Å². The number of nitrogens with one attached hydrogen (secondary N) is 1. The fourth-order valence-corrected chi connectivity index (χ4v) is 5.50. The Labute approximate surface area is 243 Å². The maximum Gasteiger partial charge on any atom is 0.338 e. The molecule has 0 saturated carbocycles. The summed E-state index contributed by atoms with van der Waals surface area (Å²) in [7, 11) is 0. The van der Waals surface area contributed by atoms with Crippen molar-refractivity contribution in [1.82, 2.24) is 14.8 Å². The molecule has 0 bridgehead atoms. The minimum atomic E-state index is -0.509. The molecule has 5 rings (SSSR count). The summed E-state index contributed by atoms with van der Waals surface area (Å²) in [6, 6.07) is 24.4. The van der Waals surface area contributed by atoms with Crippen molar-refractivity contribution >= 4 is 35.3 Å². The van der Waals surface area contributed by atoms with Gasteiger partial charge in [0, 0.05) is 22.0 Å². The highest BCUT2D eigenvalue weighted by atomic mass is 35.5. The van der Waals surface area contributed by atoms with Crippen LogP contribution in [0.15, 0.2) is 95.3 Å². The molecule has 2 heterocycles. The molecule has 1 atom stereocenters. The highest BCUT2D eigenvalue weighted by molar-refractivity contribution is 7.99. The number of allylic oxidation sites excluding steroid dienone is 1. The zero-order valence-corrected chi connectivity index (χ0v) is 24.0. The number of benzene rings is 3. The summed E-state index contributed by atoms with van der Waals surface area (Å²) in [6.07, 6.45) is 2.18. The molecule has 1 aliphatic heterocycles. The second-order valence-corrected chi connectivity index (χ2v) is 10.9. The van der Waals surface area contributed by atoms with Crippen LogP contribution >= 0.6 is 23.4 Å². The highest BCUT2D eigenvalue weighted by Crippen LogP contribution is 2.37. The smallest absolute Gasteiger partial charge is 0.338 e. The second kappa shape index (κ2) is 13.1. The van der Waals surface area contributed by atoms with Crippen molar-refractivity contribution in [3.63, 3.8) is 0 Å². The molecule has 206 valence electrons. The maximum atomic E-state index is 13.5. The second-order valence-electron chi connectivity index (χ2n) is 9.44. The van der Waals surface area contributed by atoms with E-state index in [0.717, 1.165) is 35.3 Å². The van der Waals surface area contributed by atoms with Crippen molar-refractivity contribution < 1.29 is 14.3 Å². The van der Waals surface area contributed by atoms with Crippen LogP contribution < -0.4 is 10.1 Å². The van der Waals surface area contributed by atoms with Crippen molar-refractivity contribution in [3.8, 4) is 5.75 Å². The summed E-state index contributed by atoms with van der Waals surface area (Å²) in [5.74, 6) is 1.82. The van der Waals surface area contributed by atoms with Crippen LogP contribution in [0.1, 0.15) is 49.4 Å². The summed E-state index contributed by atoms with van der Waals surface area (Å²) in [5.41, 5.74) is 3.88. The third kappa shape index (κ3) is 6.51. The largest absolute Gasteiger partial charge is 0.489 e. The van der Waals surface area contributed by atoms with E-state index >= 15 is 0 Å². The van der Waals surface area contributed by atoms with Gasteiger partial charge in [0.2, 0.25) is 11.1 Å². The van der Waals surface area contributed by atoms with Gasteiger partial charge in [0.1, 0.15) is 25.0 Å². The topological polar surface area (TPSA) is 78.3 Å². The lowest BCUT2D eigenvalue weighted by molar-refractivity contribution is -0.140. The van der Waals surface area contributed by atoms with Gasteiger partial charge in [0.15, 0.2) is 0 Å². The SMILES string of the molecule is CCCCSc1nc2n(n1)C(c1ccc(OCc3ccccc3Cl)cc1)C(C(=O)OCc1ccccc1)=C(C)N2. The number of anilines is 1. The number of nitrogens with zero attached hydrogens (tertiary/aromatic N) is 3. The van der Waals surface area contributed by atoms with Gasteiger partial charge in [-0.25, -0.2) is 9.48 Å². The number of esters is 1. The predicted octanol–water partition coefficient (Wildman–Crippen LogP) is 7.44.